The van der Waals surface area contributed by atoms with E-state index in [9.17, 15) is 27.4 Å². The SMILES string of the molecule is CS(=O)(=O)C[C@H]1CC(Nc2nc(NCc3c(F)cccc3F)nc(C3CC3)c2-c2nc3c(C4CC4)nccc3s2)[C@H](O)[C@@H]1O. The highest BCUT2D eigenvalue weighted by Crippen LogP contribution is 2.49. The highest BCUT2D eigenvalue weighted by atomic mass is 32.2. The molecule has 0 saturated heterocycles. The van der Waals surface area contributed by atoms with Crippen LogP contribution in [0.25, 0.3) is 20.8 Å². The molecule has 1 unspecified atom stereocenters. The minimum atomic E-state index is -3.40. The van der Waals surface area contributed by atoms with Gasteiger partial charge >= 0.3 is 0 Å². The molecule has 3 aromatic heterocycles. The van der Waals surface area contributed by atoms with E-state index >= 15 is 0 Å². The number of aliphatic hydroxyl groups is 2. The first-order chi connectivity index (χ1) is 21.1. The summed E-state index contributed by atoms with van der Waals surface area (Å²) in [6.07, 6.45) is 4.52. The molecule has 0 spiro atoms. The number of hydrogen-bond donors (Lipinski definition) is 4. The van der Waals surface area contributed by atoms with Crippen molar-refractivity contribution in [3.63, 3.8) is 0 Å². The second-order valence-corrected chi connectivity index (χ2v) is 15.4. The van der Waals surface area contributed by atoms with E-state index in [1.165, 1.54) is 29.5 Å². The number of benzene rings is 1. The van der Waals surface area contributed by atoms with Gasteiger partial charge in [0.25, 0.3) is 0 Å². The number of fused-ring (bicyclic) bond motifs is 1. The van der Waals surface area contributed by atoms with Gasteiger partial charge in [-0.3, -0.25) is 4.98 Å². The van der Waals surface area contributed by atoms with Crippen LogP contribution in [0.3, 0.4) is 0 Å². The maximum Gasteiger partial charge on any atom is 0.225 e. The van der Waals surface area contributed by atoms with Crippen molar-refractivity contribution in [2.75, 3.05) is 22.6 Å². The highest BCUT2D eigenvalue weighted by molar-refractivity contribution is 7.90. The first-order valence-electron chi connectivity index (χ1n) is 14.7. The number of sulfone groups is 1. The summed E-state index contributed by atoms with van der Waals surface area (Å²) in [4.78, 5) is 19.2. The number of pyridine rings is 1. The van der Waals surface area contributed by atoms with Crippen LogP contribution in [0, 0.1) is 17.6 Å². The molecule has 0 bridgehead atoms. The van der Waals surface area contributed by atoms with Gasteiger partial charge in [-0.15, -0.1) is 11.3 Å². The van der Waals surface area contributed by atoms with Crippen molar-refractivity contribution in [3.05, 3.63) is 59.0 Å². The van der Waals surface area contributed by atoms with Gasteiger partial charge in [0.1, 0.15) is 43.9 Å². The van der Waals surface area contributed by atoms with Crippen molar-refractivity contribution in [3.8, 4) is 10.6 Å². The Morgan fingerprint density at radius 2 is 1.68 bits per heavy atom. The Morgan fingerprint density at radius 1 is 0.977 bits per heavy atom. The van der Waals surface area contributed by atoms with Crippen molar-refractivity contribution in [2.24, 2.45) is 5.92 Å². The quantitative estimate of drug-likeness (QED) is 0.197. The van der Waals surface area contributed by atoms with E-state index in [2.05, 4.69) is 15.6 Å². The molecule has 3 fully saturated rings. The number of hydrogen-bond acceptors (Lipinski definition) is 11. The summed E-state index contributed by atoms with van der Waals surface area (Å²) in [7, 11) is -3.40. The molecule has 10 nitrogen and oxygen atoms in total. The minimum absolute atomic E-state index is 0.115. The third-order valence-electron chi connectivity index (χ3n) is 8.54. The Balaban J connectivity index is 1.30. The molecule has 4 atom stereocenters. The Bertz CT molecular complexity index is 1830. The number of thiazole rings is 1. The van der Waals surface area contributed by atoms with Gasteiger partial charge in [-0.05, 0) is 50.3 Å². The normalized spacial score (nSPS) is 23.8. The summed E-state index contributed by atoms with van der Waals surface area (Å²) in [5.74, 6) is -1.32. The summed E-state index contributed by atoms with van der Waals surface area (Å²) >= 11 is 1.49. The average molecular weight is 643 g/mol. The van der Waals surface area contributed by atoms with E-state index in [1.54, 1.807) is 6.20 Å². The van der Waals surface area contributed by atoms with Crippen molar-refractivity contribution < 1.29 is 27.4 Å². The molecule has 1 aromatic carbocycles. The van der Waals surface area contributed by atoms with Crippen LogP contribution in [0.5, 0.6) is 0 Å². The molecule has 3 heterocycles. The number of rotatable bonds is 10. The van der Waals surface area contributed by atoms with E-state index in [0.29, 0.717) is 22.3 Å². The Kier molecular flexibility index (Phi) is 7.50. The predicted molar refractivity (Wildman–Crippen MR) is 163 cm³/mol. The number of halogens is 2. The summed E-state index contributed by atoms with van der Waals surface area (Å²) in [6.45, 7) is -0.194. The van der Waals surface area contributed by atoms with Crippen molar-refractivity contribution in [1.82, 2.24) is 19.9 Å². The van der Waals surface area contributed by atoms with Gasteiger partial charge in [0.15, 0.2) is 0 Å². The zero-order valence-electron chi connectivity index (χ0n) is 23.9. The Labute approximate surface area is 256 Å². The molecule has 4 N–H and O–H groups in total. The van der Waals surface area contributed by atoms with Crippen LogP contribution in [-0.2, 0) is 16.4 Å². The summed E-state index contributed by atoms with van der Waals surface area (Å²) < 4.78 is 53.8. The predicted octanol–water partition coefficient (Wildman–Crippen LogP) is 4.36. The second-order valence-electron chi connectivity index (χ2n) is 12.1. The molecule has 7 rings (SSSR count). The van der Waals surface area contributed by atoms with Gasteiger partial charge in [-0.25, -0.2) is 27.2 Å². The molecule has 3 saturated carbocycles. The van der Waals surface area contributed by atoms with Crippen molar-refractivity contribution in [1.29, 1.82) is 0 Å². The van der Waals surface area contributed by atoms with E-state index in [1.807, 2.05) is 6.07 Å². The number of nitrogens with zero attached hydrogens (tertiary/aromatic N) is 4. The summed E-state index contributed by atoms with van der Waals surface area (Å²) in [5, 5.41) is 28.6. The molecular formula is C30H32F2N6O4S2. The summed E-state index contributed by atoms with van der Waals surface area (Å²) in [5.41, 5.74) is 3.04. The van der Waals surface area contributed by atoms with Crippen LogP contribution < -0.4 is 10.6 Å². The fourth-order valence-electron chi connectivity index (χ4n) is 6.03. The molecule has 44 heavy (non-hydrogen) atoms. The van der Waals surface area contributed by atoms with Gasteiger partial charge in [-0.1, -0.05) is 6.07 Å². The molecule has 232 valence electrons. The zero-order valence-corrected chi connectivity index (χ0v) is 25.5. The lowest BCUT2D eigenvalue weighted by atomic mass is 10.1. The monoisotopic (exact) mass is 642 g/mol. The van der Waals surface area contributed by atoms with Crippen LogP contribution in [0.1, 0.15) is 60.9 Å². The van der Waals surface area contributed by atoms with Gasteiger partial charge in [0.05, 0.1) is 39.5 Å². The van der Waals surface area contributed by atoms with E-state index in [-0.39, 0.29) is 36.1 Å². The van der Waals surface area contributed by atoms with Gasteiger partial charge in [-0.2, -0.15) is 4.98 Å². The van der Waals surface area contributed by atoms with Crippen LogP contribution in [-0.4, -0.2) is 68.8 Å². The molecule has 4 aromatic rings. The topological polar surface area (TPSA) is 150 Å². The number of anilines is 2. The lowest BCUT2D eigenvalue weighted by Crippen LogP contribution is -2.36. The van der Waals surface area contributed by atoms with Crippen LogP contribution in [0.2, 0.25) is 0 Å². The van der Waals surface area contributed by atoms with Crippen LogP contribution >= 0.6 is 11.3 Å². The lowest BCUT2D eigenvalue weighted by Gasteiger charge is -2.22. The number of aliphatic hydroxyl groups excluding tert-OH is 2. The highest BCUT2D eigenvalue weighted by Gasteiger charge is 2.44. The molecule has 0 aliphatic heterocycles. The largest absolute Gasteiger partial charge is 0.390 e. The average Bonchev–Trinajstić information content (AvgIpc) is 3.90. The molecule has 3 aliphatic carbocycles. The third-order valence-corrected chi connectivity index (χ3v) is 10.6. The van der Waals surface area contributed by atoms with Crippen molar-refractivity contribution >= 4 is 43.2 Å². The van der Waals surface area contributed by atoms with Gasteiger partial charge in [0.2, 0.25) is 5.95 Å². The maximum atomic E-state index is 14.4. The van der Waals surface area contributed by atoms with Crippen LogP contribution in [0.4, 0.5) is 20.5 Å². The molecule has 3 aliphatic rings. The number of nitrogens with one attached hydrogen (secondary N) is 2. The first kappa shape index (κ1) is 29.4. The number of aromatic nitrogens is 4. The fraction of sp³-hybridized carbons (Fsp3) is 0.467. The molecule has 0 radical (unpaired) electrons. The lowest BCUT2D eigenvalue weighted by molar-refractivity contribution is 0.0216. The van der Waals surface area contributed by atoms with Gasteiger partial charge < -0.3 is 20.8 Å². The zero-order chi connectivity index (χ0) is 30.7. The smallest absolute Gasteiger partial charge is 0.225 e. The Morgan fingerprint density at radius 3 is 2.36 bits per heavy atom. The van der Waals surface area contributed by atoms with E-state index in [4.69, 9.17) is 15.0 Å². The molecular weight excluding hydrogens is 610 g/mol. The minimum Gasteiger partial charge on any atom is -0.390 e. The molecule has 0 amide bonds. The van der Waals surface area contributed by atoms with E-state index in [0.717, 1.165) is 53.5 Å². The first-order valence-corrected chi connectivity index (χ1v) is 17.6. The van der Waals surface area contributed by atoms with Crippen LogP contribution in [0.15, 0.2) is 30.5 Å². The third kappa shape index (κ3) is 5.87. The maximum absolute atomic E-state index is 14.4. The second kappa shape index (κ2) is 11.2. The van der Waals surface area contributed by atoms with Crippen molar-refractivity contribution in [2.45, 2.75) is 68.7 Å². The van der Waals surface area contributed by atoms with Gasteiger partial charge in [0, 0.05) is 42.3 Å². The fourth-order valence-corrected chi connectivity index (χ4v) is 8.16. The standard InChI is InChI=1S/C30H32F2N6O4S2/c1-44(41,42)13-16-11-20(27(40)26(16)39)35-28-22(29-36-25-21(43-29)9-10-33-24(25)15-7-8-15)23(14-5-6-14)37-30(38-28)34-12-17-18(31)3-2-4-19(17)32/h2-4,9-10,14-16,20,26-27,39-40H,5-8,11-13H2,1H3,(H2,34,35,37,38)/t16-,20?,26-,27+/m1/s1. The van der Waals surface area contributed by atoms with E-state index < -0.39 is 45.6 Å². The summed E-state index contributed by atoms with van der Waals surface area (Å²) in [6, 6.07) is 4.88. The molecule has 14 heteroatoms. The Hall–Kier alpha value is -3.33.